The van der Waals surface area contributed by atoms with Gasteiger partial charge >= 0.3 is 0 Å². The van der Waals surface area contributed by atoms with E-state index < -0.39 is 0 Å². The first-order chi connectivity index (χ1) is 11.4. The first kappa shape index (κ1) is 18.1. The predicted octanol–water partition coefficient (Wildman–Crippen LogP) is 5.26. The molecule has 0 radical (unpaired) electrons. The summed E-state index contributed by atoms with van der Waals surface area (Å²) in [6, 6.07) is 13.9. The summed E-state index contributed by atoms with van der Waals surface area (Å²) in [5, 5.41) is 3.07. The maximum absolute atomic E-state index is 12.4. The van der Waals surface area contributed by atoms with Gasteiger partial charge in [0.05, 0.1) is 0 Å². The molecule has 2 aromatic carbocycles. The van der Waals surface area contributed by atoms with Crippen LogP contribution in [0.4, 0.5) is 5.69 Å². The molecule has 3 nitrogen and oxygen atoms in total. The third kappa shape index (κ3) is 4.38. The summed E-state index contributed by atoms with van der Waals surface area (Å²) in [6.45, 7) is 10.5. The maximum Gasteiger partial charge on any atom is 0.262 e. The SMILES string of the molecule is Cc1ccccc1OCC(=O)Nc1c(C(C)C)cccc1C(C)C. The molecule has 128 valence electrons. The van der Waals surface area contributed by atoms with Crippen LogP contribution < -0.4 is 10.1 Å². The van der Waals surface area contributed by atoms with E-state index in [-0.39, 0.29) is 12.5 Å². The second kappa shape index (κ2) is 8.00. The van der Waals surface area contributed by atoms with Crippen LogP contribution in [0.15, 0.2) is 42.5 Å². The Hall–Kier alpha value is -2.29. The van der Waals surface area contributed by atoms with Crippen LogP contribution in [0, 0.1) is 6.92 Å². The van der Waals surface area contributed by atoms with Gasteiger partial charge < -0.3 is 10.1 Å². The molecule has 0 aliphatic heterocycles. The van der Waals surface area contributed by atoms with Gasteiger partial charge in [-0.2, -0.15) is 0 Å². The van der Waals surface area contributed by atoms with Crippen molar-refractivity contribution >= 4 is 11.6 Å². The normalized spacial score (nSPS) is 11.0. The number of rotatable bonds is 6. The van der Waals surface area contributed by atoms with Gasteiger partial charge in [0.15, 0.2) is 6.61 Å². The molecule has 0 aliphatic rings. The molecule has 24 heavy (non-hydrogen) atoms. The Balaban J connectivity index is 2.15. The minimum atomic E-state index is -0.131. The van der Waals surface area contributed by atoms with Crippen molar-refractivity contribution in [2.45, 2.75) is 46.5 Å². The average Bonchev–Trinajstić information content (AvgIpc) is 2.53. The van der Waals surface area contributed by atoms with Crippen molar-refractivity contribution in [1.29, 1.82) is 0 Å². The molecule has 0 fully saturated rings. The fourth-order valence-electron chi connectivity index (χ4n) is 2.73. The van der Waals surface area contributed by atoms with Gasteiger partial charge in [0.2, 0.25) is 0 Å². The highest BCUT2D eigenvalue weighted by Crippen LogP contribution is 2.32. The molecular formula is C21H27NO2. The van der Waals surface area contributed by atoms with Crippen LogP contribution in [0.5, 0.6) is 5.75 Å². The van der Waals surface area contributed by atoms with E-state index in [1.54, 1.807) is 0 Å². The Morgan fingerprint density at radius 3 is 2.08 bits per heavy atom. The summed E-state index contributed by atoms with van der Waals surface area (Å²) in [5.74, 6) is 1.30. The quantitative estimate of drug-likeness (QED) is 0.787. The van der Waals surface area contributed by atoms with Gasteiger partial charge in [0.1, 0.15) is 5.75 Å². The van der Waals surface area contributed by atoms with Gasteiger partial charge in [-0.25, -0.2) is 0 Å². The van der Waals surface area contributed by atoms with Crippen LogP contribution in [0.2, 0.25) is 0 Å². The van der Waals surface area contributed by atoms with Crippen LogP contribution >= 0.6 is 0 Å². The highest BCUT2D eigenvalue weighted by Gasteiger charge is 2.16. The van der Waals surface area contributed by atoms with Gasteiger partial charge in [-0.1, -0.05) is 64.1 Å². The number of hydrogen-bond acceptors (Lipinski definition) is 2. The Morgan fingerprint density at radius 2 is 1.54 bits per heavy atom. The zero-order valence-corrected chi connectivity index (χ0v) is 15.2. The first-order valence-electron chi connectivity index (χ1n) is 8.51. The maximum atomic E-state index is 12.4. The summed E-state index contributed by atoms with van der Waals surface area (Å²) in [4.78, 5) is 12.4. The molecule has 1 N–H and O–H groups in total. The molecule has 0 heterocycles. The average molecular weight is 325 g/mol. The third-order valence-corrected chi connectivity index (χ3v) is 4.09. The highest BCUT2D eigenvalue weighted by molar-refractivity contribution is 5.93. The van der Waals surface area contributed by atoms with Crippen molar-refractivity contribution in [3.05, 3.63) is 59.2 Å². The van der Waals surface area contributed by atoms with Gasteiger partial charge in [-0.15, -0.1) is 0 Å². The molecule has 0 saturated heterocycles. The largest absolute Gasteiger partial charge is 0.483 e. The molecule has 0 unspecified atom stereocenters. The number of hydrogen-bond donors (Lipinski definition) is 1. The topological polar surface area (TPSA) is 38.3 Å². The number of para-hydroxylation sites is 2. The van der Waals surface area contributed by atoms with Crippen LogP contribution in [-0.4, -0.2) is 12.5 Å². The first-order valence-corrected chi connectivity index (χ1v) is 8.51. The van der Waals surface area contributed by atoms with Crippen LogP contribution in [0.3, 0.4) is 0 Å². The lowest BCUT2D eigenvalue weighted by Gasteiger charge is -2.20. The lowest BCUT2D eigenvalue weighted by molar-refractivity contribution is -0.118. The van der Waals surface area contributed by atoms with Crippen molar-refractivity contribution in [2.75, 3.05) is 11.9 Å². The Labute approximate surface area is 145 Å². The number of anilines is 1. The van der Waals surface area contributed by atoms with E-state index in [0.29, 0.717) is 11.8 Å². The smallest absolute Gasteiger partial charge is 0.262 e. The van der Waals surface area contributed by atoms with Gasteiger partial charge in [0, 0.05) is 5.69 Å². The lowest BCUT2D eigenvalue weighted by atomic mass is 9.92. The number of carbonyl (C=O) groups excluding carboxylic acids is 1. The number of carbonyl (C=O) groups is 1. The lowest BCUT2D eigenvalue weighted by Crippen LogP contribution is -2.22. The van der Waals surface area contributed by atoms with E-state index in [1.165, 1.54) is 0 Å². The van der Waals surface area contributed by atoms with E-state index in [1.807, 2.05) is 31.2 Å². The second-order valence-corrected chi connectivity index (χ2v) is 6.72. The van der Waals surface area contributed by atoms with Gasteiger partial charge in [-0.05, 0) is 41.5 Å². The zero-order chi connectivity index (χ0) is 17.7. The zero-order valence-electron chi connectivity index (χ0n) is 15.2. The molecule has 0 spiro atoms. The number of benzene rings is 2. The monoisotopic (exact) mass is 325 g/mol. The number of ether oxygens (including phenoxy) is 1. The van der Waals surface area contributed by atoms with Crippen molar-refractivity contribution < 1.29 is 9.53 Å². The van der Waals surface area contributed by atoms with Crippen LogP contribution in [-0.2, 0) is 4.79 Å². The molecule has 2 rings (SSSR count). The number of nitrogens with one attached hydrogen (secondary N) is 1. The second-order valence-electron chi connectivity index (χ2n) is 6.72. The molecular weight excluding hydrogens is 298 g/mol. The standard InChI is InChI=1S/C21H27NO2/c1-14(2)17-10-8-11-18(15(3)4)21(17)22-20(23)13-24-19-12-7-6-9-16(19)5/h6-12,14-15H,13H2,1-5H3,(H,22,23). The van der Waals surface area contributed by atoms with Crippen molar-refractivity contribution in [3.63, 3.8) is 0 Å². The van der Waals surface area contributed by atoms with E-state index in [2.05, 4.69) is 51.2 Å². The third-order valence-electron chi connectivity index (χ3n) is 4.09. The van der Waals surface area contributed by atoms with Gasteiger partial charge in [-0.3, -0.25) is 4.79 Å². The molecule has 1 amide bonds. The van der Waals surface area contributed by atoms with Crippen LogP contribution in [0.25, 0.3) is 0 Å². The minimum Gasteiger partial charge on any atom is -0.483 e. The van der Waals surface area contributed by atoms with E-state index in [9.17, 15) is 4.79 Å². The van der Waals surface area contributed by atoms with Gasteiger partial charge in [0.25, 0.3) is 5.91 Å². The Bertz CT molecular complexity index is 678. The van der Waals surface area contributed by atoms with Crippen molar-refractivity contribution in [1.82, 2.24) is 0 Å². The predicted molar refractivity (Wildman–Crippen MR) is 99.9 cm³/mol. The molecule has 0 aliphatic carbocycles. The molecule has 0 saturated carbocycles. The van der Waals surface area contributed by atoms with Crippen molar-refractivity contribution in [2.24, 2.45) is 0 Å². The summed E-state index contributed by atoms with van der Waals surface area (Å²) in [5.41, 5.74) is 4.27. The summed E-state index contributed by atoms with van der Waals surface area (Å²) in [6.07, 6.45) is 0. The fraction of sp³-hybridized carbons (Fsp3) is 0.381. The molecule has 3 heteroatoms. The summed E-state index contributed by atoms with van der Waals surface area (Å²) < 4.78 is 5.66. The molecule has 0 atom stereocenters. The molecule has 0 aromatic heterocycles. The van der Waals surface area contributed by atoms with E-state index >= 15 is 0 Å². The molecule has 0 bridgehead atoms. The van der Waals surface area contributed by atoms with E-state index in [0.717, 1.165) is 28.1 Å². The summed E-state index contributed by atoms with van der Waals surface area (Å²) in [7, 11) is 0. The highest BCUT2D eigenvalue weighted by atomic mass is 16.5. The van der Waals surface area contributed by atoms with Crippen molar-refractivity contribution in [3.8, 4) is 5.75 Å². The van der Waals surface area contributed by atoms with Crippen LogP contribution in [0.1, 0.15) is 56.2 Å². The fourth-order valence-corrected chi connectivity index (χ4v) is 2.73. The number of amides is 1. The Kier molecular flexibility index (Phi) is 6.02. The number of aryl methyl sites for hydroxylation is 1. The molecule has 2 aromatic rings. The minimum absolute atomic E-state index is 0.00875. The van der Waals surface area contributed by atoms with E-state index in [4.69, 9.17) is 4.74 Å². The summed E-state index contributed by atoms with van der Waals surface area (Å²) >= 11 is 0. The Morgan fingerprint density at radius 1 is 0.958 bits per heavy atom.